The fourth-order valence-electron chi connectivity index (χ4n) is 3.45. The second kappa shape index (κ2) is 11.4. The highest BCUT2D eigenvalue weighted by Crippen LogP contribution is 2.40. The molecule has 0 saturated heterocycles. The number of hydrogen-bond acceptors (Lipinski definition) is 4. The van der Waals surface area contributed by atoms with E-state index < -0.39 is 23.5 Å². The van der Waals surface area contributed by atoms with Crippen molar-refractivity contribution in [3.63, 3.8) is 0 Å². The van der Waals surface area contributed by atoms with Crippen molar-refractivity contribution in [1.82, 2.24) is 10.2 Å². The Morgan fingerprint density at radius 3 is 1.76 bits per heavy atom. The highest BCUT2D eigenvalue weighted by Gasteiger charge is 2.42. The van der Waals surface area contributed by atoms with Crippen LogP contribution < -0.4 is 9.47 Å². The van der Waals surface area contributed by atoms with Crippen molar-refractivity contribution in [2.75, 3.05) is 0 Å². The van der Waals surface area contributed by atoms with E-state index in [0.29, 0.717) is 12.1 Å². The molecule has 1 aromatic heterocycles. The molecule has 0 unspecified atom stereocenters. The van der Waals surface area contributed by atoms with Gasteiger partial charge in [0.1, 0.15) is 13.2 Å². The molecule has 0 fully saturated rings. The van der Waals surface area contributed by atoms with Crippen LogP contribution in [0.15, 0.2) is 84.9 Å². The van der Waals surface area contributed by atoms with Crippen LogP contribution in [0.3, 0.4) is 0 Å². The van der Waals surface area contributed by atoms with Crippen molar-refractivity contribution in [1.29, 1.82) is 0 Å². The van der Waals surface area contributed by atoms with Crippen LogP contribution in [0.4, 0.5) is 26.3 Å². The van der Waals surface area contributed by atoms with Gasteiger partial charge < -0.3 is 9.47 Å². The van der Waals surface area contributed by atoms with Gasteiger partial charge >= 0.3 is 12.4 Å². The predicted molar refractivity (Wildman–Crippen MR) is 129 cm³/mol. The van der Waals surface area contributed by atoms with Gasteiger partial charge in [-0.3, -0.25) is 0 Å². The van der Waals surface area contributed by atoms with E-state index in [4.69, 9.17) is 9.47 Å². The number of nitrogens with zero attached hydrogens (tertiary/aromatic N) is 2. The van der Waals surface area contributed by atoms with Crippen molar-refractivity contribution >= 4 is 12.2 Å². The predicted octanol–water partition coefficient (Wildman–Crippen LogP) is 7.84. The fourth-order valence-corrected chi connectivity index (χ4v) is 3.45. The molecule has 0 aliphatic heterocycles. The Labute approximate surface area is 214 Å². The molecule has 4 aromatic rings. The van der Waals surface area contributed by atoms with Gasteiger partial charge in [0.05, 0.1) is 16.8 Å². The number of aromatic nitrogens is 2. The molecule has 0 aliphatic carbocycles. The largest absolute Gasteiger partial charge is 0.483 e. The average molecular weight is 530 g/mol. The average Bonchev–Trinajstić information content (AvgIpc) is 2.90. The van der Waals surface area contributed by atoms with Gasteiger partial charge in [-0.05, 0) is 34.9 Å². The highest BCUT2D eigenvalue weighted by atomic mass is 19.4. The third kappa shape index (κ3) is 7.12. The van der Waals surface area contributed by atoms with Gasteiger partial charge in [0.15, 0.2) is 5.75 Å². The molecular formula is C28H20F6N2O2. The zero-order valence-electron chi connectivity index (χ0n) is 19.6. The Morgan fingerprint density at radius 1 is 0.605 bits per heavy atom. The molecule has 0 spiro atoms. The van der Waals surface area contributed by atoms with Gasteiger partial charge in [0.2, 0.25) is 0 Å². The van der Waals surface area contributed by atoms with Crippen LogP contribution in [0.1, 0.15) is 33.5 Å². The number of benzene rings is 3. The van der Waals surface area contributed by atoms with Gasteiger partial charge in [-0.2, -0.15) is 26.3 Å². The molecule has 0 aliphatic rings. The summed E-state index contributed by atoms with van der Waals surface area (Å²) in [5, 5.41) is 8.05. The van der Waals surface area contributed by atoms with Crippen LogP contribution in [0.5, 0.6) is 11.6 Å². The first-order valence-electron chi connectivity index (χ1n) is 11.3. The summed E-state index contributed by atoms with van der Waals surface area (Å²) in [7, 11) is 0. The first-order chi connectivity index (χ1) is 18.1. The Morgan fingerprint density at radius 2 is 1.18 bits per heavy atom. The molecule has 0 amide bonds. The first kappa shape index (κ1) is 26.7. The summed E-state index contributed by atoms with van der Waals surface area (Å²) in [6, 6.07) is 21.9. The topological polar surface area (TPSA) is 44.2 Å². The van der Waals surface area contributed by atoms with E-state index in [0.717, 1.165) is 17.2 Å². The lowest BCUT2D eigenvalue weighted by Gasteiger charge is -2.15. The summed E-state index contributed by atoms with van der Waals surface area (Å²) in [5.41, 5.74) is -1.65. The van der Waals surface area contributed by atoms with Crippen LogP contribution in [0.2, 0.25) is 0 Å². The Balaban J connectivity index is 1.59. The molecule has 38 heavy (non-hydrogen) atoms. The summed E-state index contributed by atoms with van der Waals surface area (Å²) >= 11 is 0. The van der Waals surface area contributed by atoms with Crippen molar-refractivity contribution in [3.8, 4) is 11.6 Å². The maximum atomic E-state index is 13.3. The van der Waals surface area contributed by atoms with Crippen molar-refractivity contribution < 1.29 is 35.8 Å². The summed E-state index contributed by atoms with van der Waals surface area (Å²) in [6.07, 6.45) is -7.78. The standard InChI is InChI=1S/C28H20F6N2O2/c29-27(30,31)23-14-12-19(15-24(23)28(32,33)34)11-13-22-16-25(37-17-20-7-3-1-4-8-20)26(36-35-22)38-18-21-9-5-2-6-10-21/h1-16H,17-18H2. The van der Waals surface area contributed by atoms with Crippen LogP contribution >= 0.6 is 0 Å². The molecule has 4 nitrogen and oxygen atoms in total. The molecule has 196 valence electrons. The van der Waals surface area contributed by atoms with Gasteiger partial charge in [0.25, 0.3) is 5.88 Å². The van der Waals surface area contributed by atoms with E-state index in [2.05, 4.69) is 10.2 Å². The summed E-state index contributed by atoms with van der Waals surface area (Å²) in [5.74, 6) is 0.346. The smallest absolute Gasteiger partial charge is 0.417 e. The highest BCUT2D eigenvalue weighted by molar-refractivity contribution is 5.69. The summed E-state index contributed by atoms with van der Waals surface area (Å²) in [4.78, 5) is 0. The molecule has 4 rings (SSSR count). The van der Waals surface area contributed by atoms with E-state index in [9.17, 15) is 26.3 Å². The maximum absolute atomic E-state index is 13.3. The first-order valence-corrected chi connectivity index (χ1v) is 11.3. The molecule has 0 N–H and O–H groups in total. The van der Waals surface area contributed by atoms with E-state index in [1.807, 2.05) is 60.7 Å². The molecule has 0 bridgehead atoms. The quantitative estimate of drug-likeness (QED) is 0.218. The third-order valence-electron chi connectivity index (χ3n) is 5.30. The minimum atomic E-state index is -5.18. The van der Waals surface area contributed by atoms with E-state index in [1.54, 1.807) is 0 Å². The molecule has 10 heteroatoms. The van der Waals surface area contributed by atoms with Crippen molar-refractivity contribution in [2.24, 2.45) is 0 Å². The van der Waals surface area contributed by atoms with Crippen LogP contribution in [0, 0.1) is 0 Å². The van der Waals surface area contributed by atoms with Crippen LogP contribution in [0.25, 0.3) is 12.2 Å². The van der Waals surface area contributed by atoms with Gasteiger partial charge in [-0.25, -0.2) is 0 Å². The second-order valence-electron chi connectivity index (χ2n) is 8.12. The zero-order valence-corrected chi connectivity index (χ0v) is 19.6. The number of hydrogen-bond donors (Lipinski definition) is 0. The molecule has 0 radical (unpaired) electrons. The van der Waals surface area contributed by atoms with Crippen LogP contribution in [-0.2, 0) is 25.6 Å². The SMILES string of the molecule is FC(F)(F)c1ccc(C=Cc2cc(OCc3ccccc3)c(OCc3ccccc3)nn2)cc1C(F)(F)F. The van der Waals surface area contributed by atoms with Gasteiger partial charge in [-0.1, -0.05) is 72.8 Å². The lowest BCUT2D eigenvalue weighted by Crippen LogP contribution is -2.16. The Bertz CT molecular complexity index is 1390. The van der Waals surface area contributed by atoms with Crippen molar-refractivity contribution in [2.45, 2.75) is 25.6 Å². The van der Waals surface area contributed by atoms with Crippen LogP contribution in [-0.4, -0.2) is 10.2 Å². The molecular weight excluding hydrogens is 510 g/mol. The maximum Gasteiger partial charge on any atom is 0.417 e. The summed E-state index contributed by atoms with van der Waals surface area (Å²) < 4.78 is 90.6. The minimum absolute atomic E-state index is 0.0942. The Kier molecular flexibility index (Phi) is 7.99. The zero-order chi connectivity index (χ0) is 27.2. The molecule has 3 aromatic carbocycles. The molecule has 0 atom stereocenters. The van der Waals surface area contributed by atoms with E-state index in [-0.39, 0.29) is 36.1 Å². The van der Waals surface area contributed by atoms with Gasteiger partial charge in [0, 0.05) is 6.07 Å². The monoisotopic (exact) mass is 530 g/mol. The molecule has 1 heterocycles. The third-order valence-corrected chi connectivity index (χ3v) is 5.30. The number of rotatable bonds is 8. The van der Waals surface area contributed by atoms with Crippen molar-refractivity contribution in [3.05, 3.63) is 118 Å². The van der Waals surface area contributed by atoms with E-state index in [1.165, 1.54) is 18.2 Å². The normalized spacial score (nSPS) is 12.1. The number of halogens is 6. The second-order valence-corrected chi connectivity index (χ2v) is 8.12. The minimum Gasteiger partial charge on any atom is -0.483 e. The van der Waals surface area contributed by atoms with Gasteiger partial charge in [-0.15, -0.1) is 10.2 Å². The fraction of sp³-hybridized carbons (Fsp3) is 0.143. The lowest BCUT2D eigenvalue weighted by molar-refractivity contribution is -0.162. The molecule has 0 saturated carbocycles. The lowest BCUT2D eigenvalue weighted by atomic mass is 10.0. The Hall–Kier alpha value is -4.34. The number of ether oxygens (including phenoxy) is 2. The van der Waals surface area contributed by atoms with E-state index >= 15 is 0 Å². The number of alkyl halides is 6. The summed E-state index contributed by atoms with van der Waals surface area (Å²) in [6.45, 7) is 0.378.